The molecule has 26 heavy (non-hydrogen) atoms. The lowest BCUT2D eigenvalue weighted by atomic mass is 10.0. The number of nitrogens with one attached hydrogen (secondary N) is 2. The topological polar surface area (TPSA) is 83.6 Å². The van der Waals surface area contributed by atoms with Crippen molar-refractivity contribution in [1.29, 1.82) is 0 Å². The van der Waals surface area contributed by atoms with Gasteiger partial charge in [0.25, 0.3) is 0 Å². The molecule has 4 aromatic rings. The minimum atomic E-state index is -0.0434. The van der Waals surface area contributed by atoms with Gasteiger partial charge in [-0.25, -0.2) is 5.10 Å². The second-order valence-electron chi connectivity index (χ2n) is 6.03. The van der Waals surface area contributed by atoms with E-state index in [2.05, 4.69) is 56.3 Å². The average molecular weight is 343 g/mol. The summed E-state index contributed by atoms with van der Waals surface area (Å²) >= 11 is 0. The highest BCUT2D eigenvalue weighted by Crippen LogP contribution is 2.24. The molecular formula is C20H17N5O. The number of carbonyl (C=O) groups excluding carboxylic acids is 1. The number of rotatable bonds is 5. The van der Waals surface area contributed by atoms with Crippen LogP contribution in [0, 0.1) is 0 Å². The molecule has 0 saturated carbocycles. The third-order valence-electron chi connectivity index (χ3n) is 4.26. The third-order valence-corrected chi connectivity index (χ3v) is 4.26. The molecule has 6 nitrogen and oxygen atoms in total. The van der Waals surface area contributed by atoms with Crippen molar-refractivity contribution in [1.82, 2.24) is 20.6 Å². The van der Waals surface area contributed by atoms with Crippen LogP contribution in [-0.2, 0) is 11.2 Å². The molecule has 0 unspecified atom stereocenters. The Labute approximate surface area is 150 Å². The number of anilines is 1. The van der Waals surface area contributed by atoms with Gasteiger partial charge < -0.3 is 5.32 Å². The molecule has 3 aromatic carbocycles. The zero-order valence-electron chi connectivity index (χ0n) is 14.0. The first-order valence-electron chi connectivity index (χ1n) is 8.40. The van der Waals surface area contributed by atoms with E-state index in [4.69, 9.17) is 0 Å². The van der Waals surface area contributed by atoms with Gasteiger partial charge in [-0.1, -0.05) is 54.6 Å². The number of benzene rings is 3. The van der Waals surface area contributed by atoms with Crippen LogP contribution in [-0.4, -0.2) is 26.5 Å². The number of hydrogen-bond acceptors (Lipinski definition) is 4. The molecule has 1 amide bonds. The van der Waals surface area contributed by atoms with Crippen LogP contribution in [0.4, 0.5) is 5.69 Å². The van der Waals surface area contributed by atoms with E-state index in [1.165, 1.54) is 10.8 Å². The van der Waals surface area contributed by atoms with Crippen LogP contribution in [0.1, 0.15) is 12.0 Å². The molecule has 0 saturated heterocycles. The number of aromatic amines is 1. The zero-order chi connectivity index (χ0) is 17.8. The van der Waals surface area contributed by atoms with Crippen LogP contribution < -0.4 is 5.32 Å². The number of aryl methyl sites for hydroxylation is 1. The summed E-state index contributed by atoms with van der Waals surface area (Å²) in [5.74, 6) is 0.480. The first-order valence-corrected chi connectivity index (χ1v) is 8.40. The van der Waals surface area contributed by atoms with Crippen molar-refractivity contribution in [2.75, 3.05) is 5.32 Å². The molecule has 0 fully saturated rings. The Balaban J connectivity index is 1.44. The van der Waals surface area contributed by atoms with Gasteiger partial charge in [0.1, 0.15) is 0 Å². The van der Waals surface area contributed by atoms with E-state index in [9.17, 15) is 4.79 Å². The van der Waals surface area contributed by atoms with Crippen molar-refractivity contribution in [2.45, 2.75) is 12.8 Å². The fourth-order valence-electron chi connectivity index (χ4n) is 2.94. The van der Waals surface area contributed by atoms with Gasteiger partial charge in [-0.05, 0) is 45.3 Å². The van der Waals surface area contributed by atoms with E-state index in [1.807, 2.05) is 36.4 Å². The lowest BCUT2D eigenvalue weighted by Crippen LogP contribution is -2.13. The van der Waals surface area contributed by atoms with Gasteiger partial charge in [-0.3, -0.25) is 4.79 Å². The van der Waals surface area contributed by atoms with Crippen LogP contribution in [0.5, 0.6) is 0 Å². The highest BCUT2D eigenvalue weighted by atomic mass is 16.1. The van der Waals surface area contributed by atoms with Crippen LogP contribution in [0.2, 0.25) is 0 Å². The Kier molecular flexibility index (Phi) is 4.38. The normalized spacial score (nSPS) is 10.8. The molecule has 1 aromatic heterocycles. The number of H-pyrrole nitrogens is 1. The highest BCUT2D eigenvalue weighted by molar-refractivity contribution is 5.94. The minimum absolute atomic E-state index is 0.0434. The lowest BCUT2D eigenvalue weighted by molar-refractivity contribution is -0.116. The van der Waals surface area contributed by atoms with Crippen molar-refractivity contribution in [2.24, 2.45) is 0 Å². The zero-order valence-corrected chi connectivity index (χ0v) is 14.0. The van der Waals surface area contributed by atoms with Gasteiger partial charge in [0.2, 0.25) is 5.91 Å². The lowest BCUT2D eigenvalue weighted by Gasteiger charge is -2.09. The molecule has 1 heterocycles. The van der Waals surface area contributed by atoms with Crippen LogP contribution in [0.25, 0.3) is 22.2 Å². The van der Waals surface area contributed by atoms with Gasteiger partial charge in [0.15, 0.2) is 5.82 Å². The molecule has 128 valence electrons. The maximum Gasteiger partial charge on any atom is 0.224 e. The van der Waals surface area contributed by atoms with Crippen molar-refractivity contribution < 1.29 is 4.79 Å². The average Bonchev–Trinajstić information content (AvgIpc) is 3.21. The predicted molar refractivity (Wildman–Crippen MR) is 101 cm³/mol. The molecule has 0 aliphatic carbocycles. The summed E-state index contributed by atoms with van der Waals surface area (Å²) in [5.41, 5.74) is 2.60. The number of amides is 1. The van der Waals surface area contributed by atoms with Crippen LogP contribution in [0.15, 0.2) is 66.7 Å². The maximum absolute atomic E-state index is 12.4. The molecule has 0 aliphatic heterocycles. The molecule has 4 rings (SSSR count). The van der Waals surface area contributed by atoms with Gasteiger partial charge in [0, 0.05) is 12.0 Å². The molecule has 0 radical (unpaired) electrons. The molecular weight excluding hydrogens is 326 g/mol. The van der Waals surface area contributed by atoms with Crippen LogP contribution >= 0.6 is 0 Å². The standard InChI is InChI=1S/C20H17N5O/c26-19(12-10-14-9-11-15-5-1-2-6-16(15)13-14)21-18-8-4-3-7-17(18)20-22-24-25-23-20/h1-9,11,13H,10,12H2,(H,21,26)(H,22,23,24,25). The Morgan fingerprint density at radius 2 is 1.77 bits per heavy atom. The van der Waals surface area contributed by atoms with E-state index in [1.54, 1.807) is 0 Å². The fraction of sp³-hybridized carbons (Fsp3) is 0.100. The summed E-state index contributed by atoms with van der Waals surface area (Å²) < 4.78 is 0. The Bertz CT molecular complexity index is 1040. The summed E-state index contributed by atoms with van der Waals surface area (Å²) in [4.78, 5) is 12.4. The van der Waals surface area contributed by atoms with Crippen molar-refractivity contribution in [3.05, 3.63) is 72.3 Å². The van der Waals surface area contributed by atoms with E-state index >= 15 is 0 Å². The van der Waals surface area contributed by atoms with E-state index in [-0.39, 0.29) is 5.91 Å². The smallest absolute Gasteiger partial charge is 0.224 e. The van der Waals surface area contributed by atoms with Crippen molar-refractivity contribution in [3.63, 3.8) is 0 Å². The number of para-hydroxylation sites is 1. The number of nitrogens with zero attached hydrogens (tertiary/aromatic N) is 3. The number of fused-ring (bicyclic) bond motifs is 1. The second-order valence-corrected chi connectivity index (χ2v) is 6.03. The molecule has 0 atom stereocenters. The largest absolute Gasteiger partial charge is 0.325 e. The molecule has 0 spiro atoms. The fourth-order valence-corrected chi connectivity index (χ4v) is 2.94. The Morgan fingerprint density at radius 3 is 2.62 bits per heavy atom. The van der Waals surface area contributed by atoms with Crippen LogP contribution in [0.3, 0.4) is 0 Å². The van der Waals surface area contributed by atoms with Crippen molar-refractivity contribution >= 4 is 22.4 Å². The minimum Gasteiger partial charge on any atom is -0.325 e. The summed E-state index contributed by atoms with van der Waals surface area (Å²) in [7, 11) is 0. The van der Waals surface area contributed by atoms with E-state index in [0.717, 1.165) is 11.1 Å². The van der Waals surface area contributed by atoms with E-state index in [0.29, 0.717) is 24.4 Å². The molecule has 0 aliphatic rings. The summed E-state index contributed by atoms with van der Waals surface area (Å²) in [6, 6.07) is 22.0. The Morgan fingerprint density at radius 1 is 0.962 bits per heavy atom. The first-order chi connectivity index (χ1) is 12.8. The number of aromatic nitrogens is 4. The summed E-state index contributed by atoms with van der Waals surface area (Å²) in [5, 5.41) is 19.1. The Hall–Kier alpha value is -3.54. The monoisotopic (exact) mass is 343 g/mol. The number of carbonyl (C=O) groups is 1. The van der Waals surface area contributed by atoms with Gasteiger partial charge in [0.05, 0.1) is 5.69 Å². The van der Waals surface area contributed by atoms with Gasteiger partial charge in [-0.2, -0.15) is 0 Å². The second kappa shape index (κ2) is 7.14. The van der Waals surface area contributed by atoms with E-state index < -0.39 is 0 Å². The number of hydrogen-bond donors (Lipinski definition) is 2. The third kappa shape index (κ3) is 3.44. The number of tetrazole rings is 1. The summed E-state index contributed by atoms with van der Waals surface area (Å²) in [6.07, 6.45) is 1.09. The van der Waals surface area contributed by atoms with Crippen molar-refractivity contribution in [3.8, 4) is 11.4 Å². The molecule has 0 bridgehead atoms. The SMILES string of the molecule is O=C(CCc1ccc2ccccc2c1)Nc1ccccc1-c1nnn[nH]1. The first kappa shape index (κ1) is 16.0. The maximum atomic E-state index is 12.4. The molecule has 2 N–H and O–H groups in total. The highest BCUT2D eigenvalue weighted by Gasteiger charge is 2.11. The van der Waals surface area contributed by atoms with Gasteiger partial charge >= 0.3 is 0 Å². The molecule has 6 heteroatoms. The van der Waals surface area contributed by atoms with Gasteiger partial charge in [-0.15, -0.1) is 5.10 Å². The quantitative estimate of drug-likeness (QED) is 0.580. The summed E-state index contributed by atoms with van der Waals surface area (Å²) in [6.45, 7) is 0. The predicted octanol–water partition coefficient (Wildman–Crippen LogP) is 3.59.